The molecule has 2 N–H and O–H groups in total. The lowest BCUT2D eigenvalue weighted by molar-refractivity contribution is -0.137. The molecule has 2 rings (SSSR count). The van der Waals surface area contributed by atoms with E-state index in [1.54, 1.807) is 0 Å². The molecule has 1 heterocycles. The number of benzene rings is 1. The van der Waals surface area contributed by atoms with Gasteiger partial charge < -0.3 is 5.73 Å². The lowest BCUT2D eigenvalue weighted by atomic mass is 10.2. The van der Waals surface area contributed by atoms with Crippen LogP contribution in [0, 0.1) is 0 Å². The Morgan fingerprint density at radius 1 is 1.30 bits per heavy atom. The SMILES string of the molecule is Cl.N[C@@H]1CCN(S(=O)(=O)c2cccc(C(F)(F)F)c2)C1. The highest BCUT2D eigenvalue weighted by atomic mass is 35.5. The number of rotatable bonds is 2. The molecule has 1 aliphatic heterocycles. The Morgan fingerprint density at radius 3 is 2.45 bits per heavy atom. The van der Waals surface area contributed by atoms with Crippen LogP contribution in [0.4, 0.5) is 13.2 Å². The molecule has 0 aromatic heterocycles. The lowest BCUT2D eigenvalue weighted by Crippen LogP contribution is -2.32. The molecule has 0 amide bonds. The third kappa shape index (κ3) is 3.43. The van der Waals surface area contributed by atoms with E-state index >= 15 is 0 Å². The third-order valence-electron chi connectivity index (χ3n) is 2.99. The monoisotopic (exact) mass is 330 g/mol. The highest BCUT2D eigenvalue weighted by Gasteiger charge is 2.34. The van der Waals surface area contributed by atoms with Crippen molar-refractivity contribution in [2.45, 2.75) is 23.5 Å². The summed E-state index contributed by atoms with van der Waals surface area (Å²) in [5.74, 6) is 0. The van der Waals surface area contributed by atoms with Gasteiger partial charge in [0.1, 0.15) is 0 Å². The van der Waals surface area contributed by atoms with E-state index in [2.05, 4.69) is 0 Å². The largest absolute Gasteiger partial charge is 0.416 e. The van der Waals surface area contributed by atoms with Crippen molar-refractivity contribution in [2.75, 3.05) is 13.1 Å². The molecule has 0 bridgehead atoms. The standard InChI is InChI=1S/C11H13F3N2O2S.ClH/c12-11(13,14)8-2-1-3-10(6-8)19(17,18)16-5-4-9(15)7-16;/h1-3,6,9H,4-5,7,15H2;1H/t9-;/m1./s1. The molecule has 1 aliphatic rings. The summed E-state index contributed by atoms with van der Waals surface area (Å²) in [4.78, 5) is -0.351. The van der Waals surface area contributed by atoms with E-state index in [-0.39, 0.29) is 36.4 Å². The minimum atomic E-state index is -4.56. The number of sulfonamides is 1. The van der Waals surface area contributed by atoms with Crippen molar-refractivity contribution in [2.24, 2.45) is 5.73 Å². The number of nitrogens with zero attached hydrogens (tertiary/aromatic N) is 1. The van der Waals surface area contributed by atoms with Crippen molar-refractivity contribution in [1.82, 2.24) is 4.31 Å². The first-order valence-electron chi connectivity index (χ1n) is 5.64. The van der Waals surface area contributed by atoms with Crippen molar-refractivity contribution in [3.8, 4) is 0 Å². The second-order valence-electron chi connectivity index (χ2n) is 4.44. The molecular weight excluding hydrogens is 317 g/mol. The molecule has 20 heavy (non-hydrogen) atoms. The fourth-order valence-corrected chi connectivity index (χ4v) is 3.51. The molecular formula is C11H14ClF3N2O2S. The van der Waals surface area contributed by atoms with Crippen LogP contribution >= 0.6 is 12.4 Å². The van der Waals surface area contributed by atoms with Crippen LogP contribution in [-0.2, 0) is 16.2 Å². The van der Waals surface area contributed by atoms with E-state index in [0.29, 0.717) is 12.5 Å². The Labute approximate surface area is 121 Å². The quantitative estimate of drug-likeness (QED) is 0.900. The Kier molecular flexibility index (Phi) is 5.07. The van der Waals surface area contributed by atoms with E-state index in [9.17, 15) is 21.6 Å². The van der Waals surface area contributed by atoms with Gasteiger partial charge in [-0.1, -0.05) is 6.07 Å². The van der Waals surface area contributed by atoms with Crippen LogP contribution < -0.4 is 5.73 Å². The van der Waals surface area contributed by atoms with Gasteiger partial charge in [0.15, 0.2) is 0 Å². The minimum absolute atomic E-state index is 0. The van der Waals surface area contributed by atoms with Crippen LogP contribution in [0.15, 0.2) is 29.2 Å². The summed E-state index contributed by atoms with van der Waals surface area (Å²) in [6.07, 6.45) is -4.05. The van der Waals surface area contributed by atoms with Crippen molar-refractivity contribution >= 4 is 22.4 Å². The lowest BCUT2D eigenvalue weighted by Gasteiger charge is -2.17. The fourth-order valence-electron chi connectivity index (χ4n) is 1.95. The van der Waals surface area contributed by atoms with Gasteiger partial charge >= 0.3 is 6.18 Å². The number of nitrogens with two attached hydrogens (primary N) is 1. The van der Waals surface area contributed by atoms with E-state index in [1.807, 2.05) is 0 Å². The summed E-state index contributed by atoms with van der Waals surface area (Å²) in [5.41, 5.74) is 4.64. The highest BCUT2D eigenvalue weighted by molar-refractivity contribution is 7.89. The van der Waals surface area contributed by atoms with Crippen LogP contribution in [0.3, 0.4) is 0 Å². The summed E-state index contributed by atoms with van der Waals surface area (Å²) in [7, 11) is -3.90. The Morgan fingerprint density at radius 2 is 1.95 bits per heavy atom. The van der Waals surface area contributed by atoms with Crippen LogP contribution in [0.1, 0.15) is 12.0 Å². The van der Waals surface area contributed by atoms with Gasteiger partial charge in [0, 0.05) is 19.1 Å². The number of alkyl halides is 3. The molecule has 0 aliphatic carbocycles. The average molecular weight is 331 g/mol. The van der Waals surface area contributed by atoms with E-state index < -0.39 is 21.8 Å². The summed E-state index contributed by atoms with van der Waals surface area (Å²) < 4.78 is 63.1. The van der Waals surface area contributed by atoms with Crippen molar-refractivity contribution in [3.05, 3.63) is 29.8 Å². The minimum Gasteiger partial charge on any atom is -0.326 e. The molecule has 0 radical (unpaired) electrons. The van der Waals surface area contributed by atoms with Crippen LogP contribution in [-0.4, -0.2) is 31.9 Å². The summed E-state index contributed by atoms with van der Waals surface area (Å²) in [6.45, 7) is 0.373. The molecule has 0 spiro atoms. The maximum absolute atomic E-state index is 12.6. The molecule has 1 aromatic rings. The topological polar surface area (TPSA) is 63.4 Å². The second-order valence-corrected chi connectivity index (χ2v) is 6.38. The first-order chi connectivity index (χ1) is 8.71. The molecule has 1 saturated heterocycles. The molecule has 1 atom stereocenters. The highest BCUT2D eigenvalue weighted by Crippen LogP contribution is 2.31. The average Bonchev–Trinajstić information content (AvgIpc) is 2.76. The zero-order valence-electron chi connectivity index (χ0n) is 10.3. The predicted molar refractivity (Wildman–Crippen MR) is 70.0 cm³/mol. The van der Waals surface area contributed by atoms with Gasteiger partial charge in [-0.15, -0.1) is 12.4 Å². The van der Waals surface area contributed by atoms with E-state index in [4.69, 9.17) is 5.73 Å². The van der Waals surface area contributed by atoms with E-state index in [1.165, 1.54) is 0 Å². The fraction of sp³-hybridized carbons (Fsp3) is 0.455. The molecule has 4 nitrogen and oxygen atoms in total. The van der Waals surface area contributed by atoms with Gasteiger partial charge in [0.25, 0.3) is 0 Å². The molecule has 0 saturated carbocycles. The molecule has 1 aromatic carbocycles. The number of hydrogen-bond acceptors (Lipinski definition) is 3. The molecule has 0 unspecified atom stereocenters. The zero-order chi connectivity index (χ0) is 14.3. The van der Waals surface area contributed by atoms with Gasteiger partial charge in [0.2, 0.25) is 10.0 Å². The summed E-state index contributed by atoms with van der Waals surface area (Å²) in [5, 5.41) is 0. The first-order valence-corrected chi connectivity index (χ1v) is 7.08. The van der Waals surface area contributed by atoms with Crippen LogP contribution in [0.2, 0.25) is 0 Å². The summed E-state index contributed by atoms with van der Waals surface area (Å²) in [6, 6.07) is 3.48. The maximum Gasteiger partial charge on any atom is 0.416 e. The van der Waals surface area contributed by atoms with Gasteiger partial charge in [-0.2, -0.15) is 17.5 Å². The summed E-state index contributed by atoms with van der Waals surface area (Å²) >= 11 is 0. The first kappa shape index (κ1) is 17.2. The number of halogens is 4. The molecule has 114 valence electrons. The van der Waals surface area contributed by atoms with Crippen molar-refractivity contribution in [1.29, 1.82) is 0 Å². The Bertz CT molecular complexity index is 577. The van der Waals surface area contributed by atoms with Gasteiger partial charge in [-0.05, 0) is 24.6 Å². The van der Waals surface area contributed by atoms with Gasteiger partial charge in [-0.25, -0.2) is 8.42 Å². The smallest absolute Gasteiger partial charge is 0.326 e. The Hall–Kier alpha value is -0.830. The van der Waals surface area contributed by atoms with Gasteiger partial charge in [0.05, 0.1) is 10.5 Å². The number of hydrogen-bond donors (Lipinski definition) is 1. The molecule has 9 heteroatoms. The molecule has 1 fully saturated rings. The second kappa shape index (κ2) is 5.88. The Balaban J connectivity index is 0.00000200. The van der Waals surface area contributed by atoms with Crippen molar-refractivity contribution < 1.29 is 21.6 Å². The van der Waals surface area contributed by atoms with Crippen molar-refractivity contribution in [3.63, 3.8) is 0 Å². The maximum atomic E-state index is 12.6. The predicted octanol–water partition coefficient (Wildman–Crippen LogP) is 1.85. The van der Waals surface area contributed by atoms with Crippen LogP contribution in [0.5, 0.6) is 0 Å². The zero-order valence-corrected chi connectivity index (χ0v) is 11.9. The van der Waals surface area contributed by atoms with Crippen LogP contribution in [0.25, 0.3) is 0 Å². The van der Waals surface area contributed by atoms with E-state index in [0.717, 1.165) is 22.5 Å². The normalized spacial score (nSPS) is 20.7. The van der Waals surface area contributed by atoms with Gasteiger partial charge in [-0.3, -0.25) is 0 Å². The third-order valence-corrected chi connectivity index (χ3v) is 4.85.